The van der Waals surface area contributed by atoms with Gasteiger partial charge in [-0.25, -0.2) is 9.97 Å². The summed E-state index contributed by atoms with van der Waals surface area (Å²) in [4.78, 5) is 12.5. The zero-order valence-corrected chi connectivity index (χ0v) is 23.8. The van der Waals surface area contributed by atoms with Crippen LogP contribution in [-0.2, 0) is 0 Å². The minimum Gasteiger partial charge on any atom is -0.310 e. The van der Waals surface area contributed by atoms with Gasteiger partial charge in [-0.1, -0.05) is 78.9 Å². The Kier molecular flexibility index (Phi) is 5.47. The van der Waals surface area contributed by atoms with Gasteiger partial charge >= 0.3 is 0 Å². The van der Waals surface area contributed by atoms with Crippen molar-refractivity contribution < 1.29 is 0 Å². The van der Waals surface area contributed by atoms with Crippen LogP contribution in [-0.4, -0.2) is 14.5 Å². The van der Waals surface area contributed by atoms with E-state index < -0.39 is 0 Å². The van der Waals surface area contributed by atoms with Crippen LogP contribution in [0.1, 0.15) is 0 Å². The second kappa shape index (κ2) is 9.79. The summed E-state index contributed by atoms with van der Waals surface area (Å²) >= 11 is 0. The van der Waals surface area contributed by atoms with Crippen molar-refractivity contribution in [3.05, 3.63) is 158 Å². The van der Waals surface area contributed by atoms with Crippen molar-refractivity contribution in [2.45, 2.75) is 0 Å². The Morgan fingerprint density at radius 2 is 1.02 bits per heavy atom. The maximum absolute atomic E-state index is 5.10. The van der Waals surface area contributed by atoms with Crippen LogP contribution >= 0.6 is 0 Å². The van der Waals surface area contributed by atoms with E-state index in [1.54, 1.807) is 0 Å². The molecule has 2 aromatic heterocycles. The minimum absolute atomic E-state index is 0.869. The molecule has 0 atom stereocenters. The van der Waals surface area contributed by atoms with Crippen LogP contribution in [0.3, 0.4) is 0 Å². The Labute approximate surface area is 254 Å². The van der Waals surface area contributed by atoms with Gasteiger partial charge in [-0.15, -0.1) is 0 Å². The number of hydrogen-bond acceptors (Lipinski definition) is 3. The third-order valence-corrected chi connectivity index (χ3v) is 8.47. The lowest BCUT2D eigenvalue weighted by atomic mass is 10.0. The van der Waals surface area contributed by atoms with Crippen LogP contribution in [0.4, 0.5) is 17.1 Å². The molecule has 206 valence electrons. The molecule has 0 fully saturated rings. The Morgan fingerprint density at radius 3 is 1.77 bits per heavy atom. The Hall–Kier alpha value is -6.00. The number of nitrogens with zero attached hydrogens (tertiary/aromatic N) is 4. The zero-order valence-electron chi connectivity index (χ0n) is 23.8. The molecule has 4 heteroatoms. The largest absolute Gasteiger partial charge is 0.310 e. The van der Waals surface area contributed by atoms with Gasteiger partial charge in [-0.3, -0.25) is 4.57 Å². The van der Waals surface area contributed by atoms with Gasteiger partial charge in [-0.2, -0.15) is 0 Å². The van der Waals surface area contributed by atoms with Crippen molar-refractivity contribution in [1.82, 2.24) is 14.5 Å². The number of anilines is 3. The summed E-state index contributed by atoms with van der Waals surface area (Å²) in [6.45, 7) is 0. The molecule has 0 bridgehead atoms. The first kappa shape index (κ1) is 24.6. The van der Waals surface area contributed by atoms with Gasteiger partial charge in [0.1, 0.15) is 5.52 Å². The highest BCUT2D eigenvalue weighted by molar-refractivity contribution is 6.08. The fraction of sp³-hybridized carbons (Fsp3) is 0. The van der Waals surface area contributed by atoms with Gasteiger partial charge in [0.2, 0.25) is 0 Å². The molecule has 0 aliphatic rings. The summed E-state index contributed by atoms with van der Waals surface area (Å²) in [5.41, 5.74) is 9.13. The Morgan fingerprint density at radius 1 is 0.432 bits per heavy atom. The first-order valence-electron chi connectivity index (χ1n) is 14.8. The maximum Gasteiger partial charge on any atom is 0.165 e. The molecule has 0 spiro atoms. The number of benzene rings is 7. The number of aromatic nitrogens is 3. The molecular weight excluding hydrogens is 536 g/mol. The second-order valence-electron chi connectivity index (χ2n) is 11.2. The van der Waals surface area contributed by atoms with E-state index in [9.17, 15) is 0 Å². The molecular formula is C40H26N4. The SMILES string of the molecule is c1ccc(N(c2ccccc2)c2ccc3cc4ccc(-n5c6ccccc6c6nc7ccccc7nc65)cc4cc3c2)cc1. The van der Waals surface area contributed by atoms with E-state index in [2.05, 4.69) is 143 Å². The summed E-state index contributed by atoms with van der Waals surface area (Å²) in [6, 6.07) is 55.6. The summed E-state index contributed by atoms with van der Waals surface area (Å²) in [7, 11) is 0. The van der Waals surface area contributed by atoms with E-state index >= 15 is 0 Å². The monoisotopic (exact) mass is 562 g/mol. The molecule has 9 rings (SSSR count). The molecule has 0 aliphatic heterocycles. The van der Waals surface area contributed by atoms with Gasteiger partial charge in [0.05, 0.1) is 16.6 Å². The van der Waals surface area contributed by atoms with Gasteiger partial charge in [-0.05, 0) is 100 Å². The molecule has 0 amide bonds. The first-order valence-corrected chi connectivity index (χ1v) is 14.8. The number of rotatable bonds is 4. The van der Waals surface area contributed by atoms with E-state index in [0.29, 0.717) is 0 Å². The lowest BCUT2D eigenvalue weighted by Crippen LogP contribution is -2.09. The molecule has 0 aliphatic carbocycles. The third-order valence-electron chi connectivity index (χ3n) is 8.47. The molecule has 4 nitrogen and oxygen atoms in total. The molecule has 0 radical (unpaired) electrons. The highest BCUT2D eigenvalue weighted by atomic mass is 15.1. The van der Waals surface area contributed by atoms with Crippen molar-refractivity contribution in [1.29, 1.82) is 0 Å². The molecule has 0 unspecified atom stereocenters. The van der Waals surface area contributed by atoms with E-state index in [-0.39, 0.29) is 0 Å². The van der Waals surface area contributed by atoms with E-state index in [1.165, 1.54) is 21.5 Å². The standard InChI is InChI=1S/C40H26N4/c1-3-11-31(12-4-1)43(32-13-5-2-6-14-32)33-21-19-27-23-28-20-22-34(26-30(28)24-29(27)25-33)44-38-18-10-7-15-35(38)39-40(44)42-37-17-9-8-16-36(37)41-39/h1-26H. The predicted molar refractivity (Wildman–Crippen MR) is 184 cm³/mol. The van der Waals surface area contributed by atoms with Crippen molar-refractivity contribution >= 4 is 71.7 Å². The molecule has 7 aromatic carbocycles. The van der Waals surface area contributed by atoms with Crippen LogP contribution in [0.25, 0.3) is 60.3 Å². The summed E-state index contributed by atoms with van der Waals surface area (Å²) < 4.78 is 2.25. The van der Waals surface area contributed by atoms with Crippen LogP contribution in [0, 0.1) is 0 Å². The lowest BCUT2D eigenvalue weighted by Gasteiger charge is -2.25. The van der Waals surface area contributed by atoms with E-state index in [0.717, 1.165) is 55.8 Å². The molecule has 2 heterocycles. The van der Waals surface area contributed by atoms with E-state index in [4.69, 9.17) is 9.97 Å². The molecule has 0 N–H and O–H groups in total. The molecule has 9 aromatic rings. The number of para-hydroxylation sites is 5. The fourth-order valence-corrected chi connectivity index (χ4v) is 6.42. The third kappa shape index (κ3) is 3.92. The van der Waals surface area contributed by atoms with Gasteiger partial charge in [0.25, 0.3) is 0 Å². The van der Waals surface area contributed by atoms with Gasteiger partial charge in [0, 0.05) is 28.1 Å². The summed E-state index contributed by atoms with van der Waals surface area (Å²) in [6.07, 6.45) is 0. The smallest absolute Gasteiger partial charge is 0.165 e. The highest BCUT2D eigenvalue weighted by Gasteiger charge is 2.17. The second-order valence-corrected chi connectivity index (χ2v) is 11.2. The van der Waals surface area contributed by atoms with Crippen LogP contribution < -0.4 is 4.90 Å². The van der Waals surface area contributed by atoms with E-state index in [1.807, 2.05) is 24.3 Å². The van der Waals surface area contributed by atoms with Crippen LogP contribution in [0.5, 0.6) is 0 Å². The van der Waals surface area contributed by atoms with Gasteiger partial charge in [0.15, 0.2) is 5.65 Å². The topological polar surface area (TPSA) is 34.0 Å². The quantitative estimate of drug-likeness (QED) is 0.200. The molecule has 0 saturated carbocycles. The highest BCUT2D eigenvalue weighted by Crippen LogP contribution is 2.37. The maximum atomic E-state index is 5.10. The summed E-state index contributed by atoms with van der Waals surface area (Å²) in [5.74, 6) is 0. The van der Waals surface area contributed by atoms with Crippen LogP contribution in [0.2, 0.25) is 0 Å². The van der Waals surface area contributed by atoms with Crippen LogP contribution in [0.15, 0.2) is 158 Å². The van der Waals surface area contributed by atoms with Gasteiger partial charge < -0.3 is 4.90 Å². The first-order chi connectivity index (χ1) is 21.8. The van der Waals surface area contributed by atoms with Crippen molar-refractivity contribution in [2.75, 3.05) is 4.90 Å². The number of fused-ring (bicyclic) bond motifs is 6. The number of hydrogen-bond donors (Lipinski definition) is 0. The minimum atomic E-state index is 0.869. The average molecular weight is 563 g/mol. The molecule has 0 saturated heterocycles. The normalized spacial score (nSPS) is 11.6. The average Bonchev–Trinajstić information content (AvgIpc) is 3.40. The fourth-order valence-electron chi connectivity index (χ4n) is 6.42. The lowest BCUT2D eigenvalue weighted by molar-refractivity contribution is 1.14. The zero-order chi connectivity index (χ0) is 29.0. The summed E-state index contributed by atoms with van der Waals surface area (Å²) in [5, 5.41) is 5.89. The Bertz CT molecular complexity index is 2460. The molecule has 44 heavy (non-hydrogen) atoms. The Balaban J connectivity index is 1.24. The predicted octanol–water partition coefficient (Wildman–Crippen LogP) is 10.5. The van der Waals surface area contributed by atoms with Crippen molar-refractivity contribution in [3.63, 3.8) is 0 Å². The van der Waals surface area contributed by atoms with Crippen molar-refractivity contribution in [3.8, 4) is 5.69 Å². The van der Waals surface area contributed by atoms with Crippen molar-refractivity contribution in [2.24, 2.45) is 0 Å².